The summed E-state index contributed by atoms with van der Waals surface area (Å²) in [6.45, 7) is 3.85. The maximum Gasteiger partial charge on any atom is 0.326 e. The number of aliphatic hydroxyl groups excluding tert-OH is 1. The van der Waals surface area contributed by atoms with E-state index >= 15 is 0 Å². The molecule has 2 atom stereocenters. The van der Waals surface area contributed by atoms with E-state index in [4.69, 9.17) is 5.11 Å². The lowest BCUT2D eigenvalue weighted by atomic mass is 9.99. The van der Waals surface area contributed by atoms with Crippen LogP contribution in [0.25, 0.3) is 0 Å². The van der Waals surface area contributed by atoms with Gasteiger partial charge in [-0.2, -0.15) is 0 Å². The Morgan fingerprint density at radius 1 is 1.40 bits per heavy atom. The van der Waals surface area contributed by atoms with Crippen molar-refractivity contribution in [2.24, 2.45) is 0 Å². The standard InChI is InChI=1S/C12H19N3O5/c1-12(2)10(19)13-3-4-15(12)11(20)14-6-7(16)5-8(14)9(17)18/h7-8,16H,3-6H2,1-2H3,(H,13,19)(H,17,18)/t7-,8-/m0/s1. The van der Waals surface area contributed by atoms with Crippen LogP contribution in [0.3, 0.4) is 0 Å². The number of carboxylic acid groups (broad SMARTS) is 1. The van der Waals surface area contributed by atoms with Gasteiger partial charge in [-0.05, 0) is 13.8 Å². The molecule has 2 rings (SSSR count). The third-order valence-electron chi connectivity index (χ3n) is 3.89. The average Bonchev–Trinajstić information content (AvgIpc) is 2.74. The van der Waals surface area contributed by atoms with Gasteiger partial charge in [-0.3, -0.25) is 4.79 Å². The molecule has 0 unspecified atom stereocenters. The molecule has 0 aromatic heterocycles. The van der Waals surface area contributed by atoms with Gasteiger partial charge >= 0.3 is 12.0 Å². The minimum atomic E-state index is -1.14. The van der Waals surface area contributed by atoms with Crippen LogP contribution >= 0.6 is 0 Å². The number of nitrogens with one attached hydrogen (secondary N) is 1. The van der Waals surface area contributed by atoms with Crippen molar-refractivity contribution in [2.75, 3.05) is 19.6 Å². The molecule has 2 aliphatic heterocycles. The van der Waals surface area contributed by atoms with Crippen molar-refractivity contribution in [3.05, 3.63) is 0 Å². The first-order valence-electron chi connectivity index (χ1n) is 6.52. The maximum atomic E-state index is 12.5. The van der Waals surface area contributed by atoms with Crippen LogP contribution in [0.5, 0.6) is 0 Å². The van der Waals surface area contributed by atoms with Gasteiger partial charge in [-0.15, -0.1) is 0 Å². The van der Waals surface area contributed by atoms with Crippen LogP contribution < -0.4 is 5.32 Å². The second-order valence-electron chi connectivity index (χ2n) is 5.65. The lowest BCUT2D eigenvalue weighted by molar-refractivity contribution is -0.141. The Morgan fingerprint density at radius 3 is 2.65 bits per heavy atom. The molecule has 112 valence electrons. The first-order chi connectivity index (χ1) is 9.25. The summed E-state index contributed by atoms with van der Waals surface area (Å²) >= 11 is 0. The third kappa shape index (κ3) is 2.31. The van der Waals surface area contributed by atoms with E-state index in [1.807, 2.05) is 0 Å². The molecule has 0 aromatic carbocycles. The molecule has 3 N–H and O–H groups in total. The fraction of sp³-hybridized carbons (Fsp3) is 0.750. The van der Waals surface area contributed by atoms with Gasteiger partial charge in [0.05, 0.1) is 6.10 Å². The topological polar surface area (TPSA) is 110 Å². The SMILES string of the molecule is CC1(C)C(=O)NCCN1C(=O)N1C[C@@H](O)C[C@H]1C(=O)O. The molecular formula is C12H19N3O5. The number of hydrogen-bond acceptors (Lipinski definition) is 4. The summed E-state index contributed by atoms with van der Waals surface area (Å²) in [4.78, 5) is 38.0. The summed E-state index contributed by atoms with van der Waals surface area (Å²) in [5.74, 6) is -1.42. The highest BCUT2D eigenvalue weighted by atomic mass is 16.4. The lowest BCUT2D eigenvalue weighted by Gasteiger charge is -2.43. The highest BCUT2D eigenvalue weighted by Crippen LogP contribution is 2.25. The summed E-state index contributed by atoms with van der Waals surface area (Å²) in [5, 5.41) is 21.4. The first kappa shape index (κ1) is 14.6. The maximum absolute atomic E-state index is 12.5. The second-order valence-corrected chi connectivity index (χ2v) is 5.65. The van der Waals surface area contributed by atoms with Crippen LogP contribution in [0.15, 0.2) is 0 Å². The van der Waals surface area contributed by atoms with Crippen molar-refractivity contribution in [1.82, 2.24) is 15.1 Å². The van der Waals surface area contributed by atoms with Gasteiger partial charge in [0.25, 0.3) is 0 Å². The molecule has 2 heterocycles. The van der Waals surface area contributed by atoms with E-state index < -0.39 is 29.7 Å². The van der Waals surface area contributed by atoms with Crippen molar-refractivity contribution < 1.29 is 24.6 Å². The Labute approximate surface area is 116 Å². The molecule has 0 saturated carbocycles. The molecule has 2 aliphatic rings. The van der Waals surface area contributed by atoms with Crippen LogP contribution in [0.4, 0.5) is 4.79 Å². The molecule has 0 aliphatic carbocycles. The number of likely N-dealkylation sites (tertiary alicyclic amines) is 1. The van der Waals surface area contributed by atoms with Crippen LogP contribution in [0.2, 0.25) is 0 Å². The van der Waals surface area contributed by atoms with Gasteiger partial charge in [-0.1, -0.05) is 0 Å². The third-order valence-corrected chi connectivity index (χ3v) is 3.89. The zero-order valence-electron chi connectivity index (χ0n) is 11.5. The fourth-order valence-electron chi connectivity index (χ4n) is 2.65. The first-order valence-corrected chi connectivity index (χ1v) is 6.52. The molecule has 3 amide bonds. The second kappa shape index (κ2) is 4.93. The Balaban J connectivity index is 2.22. The number of urea groups is 1. The van der Waals surface area contributed by atoms with Crippen LogP contribution in [0.1, 0.15) is 20.3 Å². The van der Waals surface area contributed by atoms with E-state index in [2.05, 4.69) is 5.32 Å². The van der Waals surface area contributed by atoms with Gasteiger partial charge < -0.3 is 25.3 Å². The number of β-amino-alcohol motifs (C(OH)–C–C–N with tert-alkyl or cyclic N) is 1. The fourth-order valence-corrected chi connectivity index (χ4v) is 2.65. The molecule has 0 spiro atoms. The average molecular weight is 285 g/mol. The molecule has 0 radical (unpaired) electrons. The molecular weight excluding hydrogens is 266 g/mol. The highest BCUT2D eigenvalue weighted by Gasteiger charge is 2.46. The van der Waals surface area contributed by atoms with Crippen molar-refractivity contribution in [1.29, 1.82) is 0 Å². The van der Waals surface area contributed by atoms with Crippen LogP contribution in [-0.4, -0.2) is 75.2 Å². The largest absolute Gasteiger partial charge is 0.480 e. The Bertz CT molecular complexity index is 450. The van der Waals surface area contributed by atoms with E-state index in [0.717, 1.165) is 4.90 Å². The van der Waals surface area contributed by atoms with Gasteiger partial charge in [0, 0.05) is 26.1 Å². The number of hydrogen-bond donors (Lipinski definition) is 3. The summed E-state index contributed by atoms with van der Waals surface area (Å²) in [6, 6.07) is -1.56. The smallest absolute Gasteiger partial charge is 0.326 e. The predicted octanol–water partition coefficient (Wildman–Crippen LogP) is -1.16. The number of carbonyl (C=O) groups is 3. The lowest BCUT2D eigenvalue weighted by Crippen LogP contribution is -2.66. The van der Waals surface area contributed by atoms with E-state index in [1.165, 1.54) is 4.90 Å². The van der Waals surface area contributed by atoms with Crippen molar-refractivity contribution in [3.63, 3.8) is 0 Å². The minimum absolute atomic E-state index is 0.0154. The molecule has 8 heteroatoms. The molecule has 2 saturated heterocycles. The summed E-state index contributed by atoms with van der Waals surface area (Å²) in [5.41, 5.74) is -1.04. The summed E-state index contributed by atoms with van der Waals surface area (Å²) < 4.78 is 0. The number of aliphatic carboxylic acids is 1. The summed E-state index contributed by atoms with van der Waals surface area (Å²) in [6.07, 6.45) is -0.830. The van der Waals surface area contributed by atoms with Gasteiger partial charge in [0.2, 0.25) is 5.91 Å². The van der Waals surface area contributed by atoms with Crippen molar-refractivity contribution in [3.8, 4) is 0 Å². The molecule has 0 aromatic rings. The van der Waals surface area contributed by atoms with Crippen molar-refractivity contribution in [2.45, 2.75) is 38.0 Å². The van der Waals surface area contributed by atoms with Gasteiger partial charge in [-0.25, -0.2) is 9.59 Å². The molecule has 2 fully saturated rings. The number of amides is 3. The highest BCUT2D eigenvalue weighted by molar-refractivity contribution is 5.92. The zero-order chi connectivity index (χ0) is 15.1. The Kier molecular flexibility index (Phi) is 3.59. The van der Waals surface area contributed by atoms with Gasteiger partial charge in [0.15, 0.2) is 0 Å². The van der Waals surface area contributed by atoms with E-state index in [9.17, 15) is 19.5 Å². The van der Waals surface area contributed by atoms with Gasteiger partial charge in [0.1, 0.15) is 11.6 Å². The number of aliphatic hydroxyl groups is 1. The zero-order valence-corrected chi connectivity index (χ0v) is 11.5. The molecule has 8 nitrogen and oxygen atoms in total. The van der Waals surface area contributed by atoms with E-state index in [1.54, 1.807) is 13.8 Å². The number of rotatable bonds is 1. The monoisotopic (exact) mass is 285 g/mol. The van der Waals surface area contributed by atoms with E-state index in [-0.39, 0.29) is 18.9 Å². The quantitative estimate of drug-likeness (QED) is 0.562. The molecule has 0 bridgehead atoms. The van der Waals surface area contributed by atoms with Crippen LogP contribution in [0, 0.1) is 0 Å². The summed E-state index contributed by atoms with van der Waals surface area (Å²) in [7, 11) is 0. The van der Waals surface area contributed by atoms with E-state index in [0.29, 0.717) is 13.1 Å². The normalized spacial score (nSPS) is 29.2. The number of piperazine rings is 1. The Hall–Kier alpha value is -1.83. The number of carbonyl (C=O) groups excluding carboxylic acids is 2. The number of nitrogens with zero attached hydrogens (tertiary/aromatic N) is 2. The predicted molar refractivity (Wildman–Crippen MR) is 67.9 cm³/mol. The van der Waals surface area contributed by atoms with Crippen LogP contribution in [-0.2, 0) is 9.59 Å². The minimum Gasteiger partial charge on any atom is -0.480 e. The molecule has 20 heavy (non-hydrogen) atoms. The van der Waals surface area contributed by atoms with Crippen molar-refractivity contribution >= 4 is 17.9 Å². The number of carboxylic acids is 1. The Morgan fingerprint density at radius 2 is 2.05 bits per heavy atom.